The summed E-state index contributed by atoms with van der Waals surface area (Å²) in [6.45, 7) is 0.845. The number of aliphatic hydroxyl groups is 1. The van der Waals surface area contributed by atoms with Crippen LogP contribution < -0.4 is 0 Å². The molecule has 2 heterocycles. The standard InChI is InChI=1S/C17H24N2O2/c20-16-6-2-1-4-14(16)15-5-3-11-19(15)17(21)12-13-7-9-18-10-8-13/h7-10,14-16,20H,1-6,11-12H2/t14-,15-,16-/m1/s1. The van der Waals surface area contributed by atoms with E-state index < -0.39 is 0 Å². The lowest BCUT2D eigenvalue weighted by molar-refractivity contribution is -0.133. The molecule has 4 nitrogen and oxygen atoms in total. The Morgan fingerprint density at radius 2 is 1.95 bits per heavy atom. The fraction of sp³-hybridized carbons (Fsp3) is 0.647. The van der Waals surface area contributed by atoms with Crippen LogP contribution in [-0.2, 0) is 11.2 Å². The van der Waals surface area contributed by atoms with Gasteiger partial charge in [0.05, 0.1) is 12.5 Å². The maximum absolute atomic E-state index is 12.6. The molecule has 1 amide bonds. The third-order valence-electron chi connectivity index (χ3n) is 5.00. The summed E-state index contributed by atoms with van der Waals surface area (Å²) in [4.78, 5) is 18.6. The van der Waals surface area contributed by atoms with Gasteiger partial charge in [-0.2, -0.15) is 0 Å². The van der Waals surface area contributed by atoms with Gasteiger partial charge in [-0.1, -0.05) is 12.8 Å². The highest BCUT2D eigenvalue weighted by molar-refractivity contribution is 5.79. The van der Waals surface area contributed by atoms with Crippen LogP contribution in [0, 0.1) is 5.92 Å². The van der Waals surface area contributed by atoms with Crippen molar-refractivity contribution in [2.24, 2.45) is 5.92 Å². The van der Waals surface area contributed by atoms with Gasteiger partial charge in [0.15, 0.2) is 0 Å². The third-order valence-corrected chi connectivity index (χ3v) is 5.00. The van der Waals surface area contributed by atoms with Gasteiger partial charge in [-0.25, -0.2) is 0 Å². The third kappa shape index (κ3) is 3.26. The van der Waals surface area contributed by atoms with Crippen LogP contribution in [0.25, 0.3) is 0 Å². The van der Waals surface area contributed by atoms with Crippen LogP contribution in [-0.4, -0.2) is 39.6 Å². The van der Waals surface area contributed by atoms with E-state index in [-0.39, 0.29) is 24.0 Å². The van der Waals surface area contributed by atoms with Crippen LogP contribution in [0.2, 0.25) is 0 Å². The molecule has 1 saturated heterocycles. The van der Waals surface area contributed by atoms with Crippen molar-refractivity contribution in [1.29, 1.82) is 0 Å². The van der Waals surface area contributed by atoms with Crippen molar-refractivity contribution in [1.82, 2.24) is 9.88 Å². The fourth-order valence-corrected chi connectivity index (χ4v) is 3.91. The number of carbonyl (C=O) groups excluding carboxylic acids is 1. The van der Waals surface area contributed by atoms with Gasteiger partial charge in [-0.05, 0) is 43.4 Å². The minimum absolute atomic E-state index is 0.196. The monoisotopic (exact) mass is 288 g/mol. The smallest absolute Gasteiger partial charge is 0.227 e. The van der Waals surface area contributed by atoms with Crippen molar-refractivity contribution >= 4 is 5.91 Å². The first-order chi connectivity index (χ1) is 10.3. The van der Waals surface area contributed by atoms with Crippen LogP contribution in [0.15, 0.2) is 24.5 Å². The van der Waals surface area contributed by atoms with E-state index in [9.17, 15) is 9.90 Å². The predicted molar refractivity (Wildman–Crippen MR) is 80.6 cm³/mol. The molecule has 0 bridgehead atoms. The maximum Gasteiger partial charge on any atom is 0.227 e. The molecule has 0 aromatic carbocycles. The first-order valence-corrected chi connectivity index (χ1v) is 8.12. The Kier molecular flexibility index (Phi) is 4.54. The molecule has 114 valence electrons. The molecule has 2 fully saturated rings. The van der Waals surface area contributed by atoms with Crippen molar-refractivity contribution in [3.8, 4) is 0 Å². The van der Waals surface area contributed by atoms with Crippen LogP contribution in [0.3, 0.4) is 0 Å². The Morgan fingerprint density at radius 1 is 1.19 bits per heavy atom. The van der Waals surface area contributed by atoms with E-state index in [4.69, 9.17) is 0 Å². The van der Waals surface area contributed by atoms with Crippen molar-refractivity contribution in [3.05, 3.63) is 30.1 Å². The van der Waals surface area contributed by atoms with Gasteiger partial charge in [0.25, 0.3) is 0 Å². The molecule has 1 N–H and O–H groups in total. The van der Waals surface area contributed by atoms with E-state index in [0.29, 0.717) is 6.42 Å². The Balaban J connectivity index is 1.67. The second-order valence-electron chi connectivity index (χ2n) is 6.34. The molecule has 21 heavy (non-hydrogen) atoms. The quantitative estimate of drug-likeness (QED) is 0.927. The van der Waals surface area contributed by atoms with E-state index in [1.165, 1.54) is 6.42 Å². The average Bonchev–Trinajstić information content (AvgIpc) is 2.98. The van der Waals surface area contributed by atoms with Gasteiger partial charge < -0.3 is 10.0 Å². The number of aliphatic hydroxyl groups excluding tert-OH is 1. The molecule has 3 atom stereocenters. The predicted octanol–water partition coefficient (Wildman–Crippen LogP) is 2.17. The Morgan fingerprint density at radius 3 is 2.71 bits per heavy atom. The molecule has 0 radical (unpaired) electrons. The number of likely N-dealkylation sites (tertiary alicyclic amines) is 1. The summed E-state index contributed by atoms with van der Waals surface area (Å²) in [5, 5.41) is 10.3. The van der Waals surface area contributed by atoms with Crippen LogP contribution >= 0.6 is 0 Å². The normalized spacial score (nSPS) is 29.6. The number of rotatable bonds is 3. The highest BCUT2D eigenvalue weighted by Crippen LogP contribution is 2.34. The molecule has 1 aliphatic heterocycles. The Hall–Kier alpha value is -1.42. The molecule has 0 unspecified atom stereocenters. The molecule has 1 aromatic heterocycles. The van der Waals surface area contributed by atoms with Crippen molar-refractivity contribution < 1.29 is 9.90 Å². The van der Waals surface area contributed by atoms with Gasteiger partial charge in [0.2, 0.25) is 5.91 Å². The second-order valence-corrected chi connectivity index (χ2v) is 6.34. The zero-order valence-corrected chi connectivity index (χ0v) is 12.4. The number of aromatic nitrogens is 1. The number of hydrogen-bond acceptors (Lipinski definition) is 3. The summed E-state index contributed by atoms with van der Waals surface area (Å²) < 4.78 is 0. The molecule has 1 aromatic rings. The molecule has 1 saturated carbocycles. The molecular weight excluding hydrogens is 264 g/mol. The summed E-state index contributed by atoms with van der Waals surface area (Å²) in [6, 6.07) is 4.05. The number of hydrogen-bond donors (Lipinski definition) is 1. The number of amides is 1. The van der Waals surface area contributed by atoms with Crippen molar-refractivity contribution in [2.45, 2.75) is 57.1 Å². The topological polar surface area (TPSA) is 53.4 Å². The molecule has 0 spiro atoms. The van der Waals surface area contributed by atoms with E-state index >= 15 is 0 Å². The van der Waals surface area contributed by atoms with Gasteiger partial charge in [-0.15, -0.1) is 0 Å². The zero-order valence-electron chi connectivity index (χ0n) is 12.4. The highest BCUT2D eigenvalue weighted by atomic mass is 16.3. The Bertz CT molecular complexity index is 477. The number of carbonyl (C=O) groups is 1. The minimum Gasteiger partial charge on any atom is -0.393 e. The summed E-state index contributed by atoms with van der Waals surface area (Å²) in [5.74, 6) is 0.476. The fourth-order valence-electron chi connectivity index (χ4n) is 3.91. The second kappa shape index (κ2) is 6.56. The first-order valence-electron chi connectivity index (χ1n) is 8.12. The summed E-state index contributed by atoms with van der Waals surface area (Å²) in [6.07, 6.45) is 10.1. The van der Waals surface area contributed by atoms with Crippen LogP contribution in [0.4, 0.5) is 0 Å². The van der Waals surface area contributed by atoms with Gasteiger partial charge >= 0.3 is 0 Å². The van der Waals surface area contributed by atoms with Crippen molar-refractivity contribution in [2.75, 3.05) is 6.54 Å². The minimum atomic E-state index is -0.224. The zero-order chi connectivity index (χ0) is 14.7. The highest BCUT2D eigenvalue weighted by Gasteiger charge is 2.38. The lowest BCUT2D eigenvalue weighted by Crippen LogP contribution is -2.45. The van der Waals surface area contributed by atoms with E-state index in [1.54, 1.807) is 12.4 Å². The molecule has 4 heteroatoms. The number of pyridine rings is 1. The maximum atomic E-state index is 12.6. The van der Waals surface area contributed by atoms with Gasteiger partial charge in [-0.3, -0.25) is 9.78 Å². The lowest BCUT2D eigenvalue weighted by atomic mass is 9.80. The molecule has 2 aliphatic rings. The van der Waals surface area contributed by atoms with E-state index in [1.807, 2.05) is 17.0 Å². The summed E-state index contributed by atoms with van der Waals surface area (Å²) >= 11 is 0. The number of nitrogens with zero attached hydrogens (tertiary/aromatic N) is 2. The average molecular weight is 288 g/mol. The van der Waals surface area contributed by atoms with Gasteiger partial charge in [0.1, 0.15) is 0 Å². The molecule has 1 aliphatic carbocycles. The van der Waals surface area contributed by atoms with Crippen molar-refractivity contribution in [3.63, 3.8) is 0 Å². The lowest BCUT2D eigenvalue weighted by Gasteiger charge is -2.37. The SMILES string of the molecule is O=C(Cc1ccncc1)N1CCC[C@@H]1[C@H]1CCCC[C@H]1O. The van der Waals surface area contributed by atoms with E-state index in [2.05, 4.69) is 4.98 Å². The molecule has 3 rings (SSSR count). The molecular formula is C17H24N2O2. The van der Waals surface area contributed by atoms with Crippen LogP contribution in [0.5, 0.6) is 0 Å². The summed E-state index contributed by atoms with van der Waals surface area (Å²) in [7, 11) is 0. The van der Waals surface area contributed by atoms with Crippen LogP contribution in [0.1, 0.15) is 44.1 Å². The first kappa shape index (κ1) is 14.5. The Labute approximate surface area is 126 Å². The summed E-state index contributed by atoms with van der Waals surface area (Å²) in [5.41, 5.74) is 1.02. The largest absolute Gasteiger partial charge is 0.393 e. The van der Waals surface area contributed by atoms with Gasteiger partial charge in [0, 0.05) is 30.9 Å². The van der Waals surface area contributed by atoms with E-state index in [0.717, 1.165) is 44.2 Å².